The van der Waals surface area contributed by atoms with Crippen LogP contribution in [0.1, 0.15) is 46.7 Å². The number of aromatic carboxylic acids is 1. The van der Waals surface area contributed by atoms with E-state index in [1.807, 2.05) is 60.5 Å². The lowest BCUT2D eigenvalue weighted by atomic mass is 9.98. The molecule has 0 bridgehead atoms. The van der Waals surface area contributed by atoms with Gasteiger partial charge >= 0.3 is 18.1 Å². The van der Waals surface area contributed by atoms with Crippen LogP contribution in [-0.4, -0.2) is 111 Å². The highest BCUT2D eigenvalue weighted by atomic mass is 35.5. The number of carbonyl (C=O) groups is 2. The third-order valence-electron chi connectivity index (χ3n) is 11.0. The Hall–Kier alpha value is -4.70. The highest BCUT2D eigenvalue weighted by Crippen LogP contribution is 2.42. The molecule has 5 aromatic rings. The zero-order chi connectivity index (χ0) is 41.0. The van der Waals surface area contributed by atoms with E-state index in [0.717, 1.165) is 108 Å². The number of rotatable bonds is 11. The van der Waals surface area contributed by atoms with Gasteiger partial charge in [-0.25, -0.2) is 14.0 Å². The van der Waals surface area contributed by atoms with Gasteiger partial charge in [0.25, 0.3) is 0 Å². The van der Waals surface area contributed by atoms with Crippen molar-refractivity contribution in [3.8, 4) is 16.9 Å². The van der Waals surface area contributed by atoms with E-state index in [2.05, 4.69) is 20.2 Å². The predicted molar refractivity (Wildman–Crippen MR) is 211 cm³/mol. The number of aryl methyl sites for hydroxylation is 3. The number of piperazine rings is 1. The normalized spacial score (nSPS) is 15.9. The quantitative estimate of drug-likeness (QED) is 0.0930. The van der Waals surface area contributed by atoms with Crippen LogP contribution in [0, 0.1) is 19.7 Å². The minimum atomic E-state index is -5.08. The Bertz CT molecular complexity index is 2240. The van der Waals surface area contributed by atoms with Crippen molar-refractivity contribution in [2.24, 2.45) is 7.05 Å². The molecule has 2 saturated heterocycles. The summed E-state index contributed by atoms with van der Waals surface area (Å²) in [6.45, 7) is 12.0. The van der Waals surface area contributed by atoms with Crippen LogP contribution in [0.25, 0.3) is 32.8 Å². The van der Waals surface area contributed by atoms with Crippen molar-refractivity contribution in [2.75, 3.05) is 52.4 Å². The molecule has 3 aromatic carbocycles. The topological polar surface area (TPSA) is 125 Å². The van der Waals surface area contributed by atoms with Gasteiger partial charge in [0.15, 0.2) is 0 Å². The Balaban J connectivity index is 0.000000719. The number of nitrogens with zero attached hydrogens (tertiary/aromatic N) is 5. The van der Waals surface area contributed by atoms with Crippen LogP contribution in [0.2, 0.25) is 5.02 Å². The Morgan fingerprint density at radius 1 is 0.965 bits per heavy atom. The number of ether oxygens (including phenoxy) is 1. The van der Waals surface area contributed by atoms with Crippen molar-refractivity contribution in [3.63, 3.8) is 0 Å². The molecule has 0 aliphatic carbocycles. The number of hydrogen-bond acceptors (Lipinski definition) is 7. The fourth-order valence-electron chi connectivity index (χ4n) is 8.17. The molecule has 57 heavy (non-hydrogen) atoms. The molecule has 7 rings (SSSR count). The van der Waals surface area contributed by atoms with Gasteiger partial charge in [0.05, 0.1) is 22.8 Å². The van der Waals surface area contributed by atoms with Gasteiger partial charge in [0.2, 0.25) is 0 Å². The van der Waals surface area contributed by atoms with Gasteiger partial charge < -0.3 is 29.7 Å². The number of aliphatic carboxylic acids is 1. The second-order valence-corrected chi connectivity index (χ2v) is 14.9. The summed E-state index contributed by atoms with van der Waals surface area (Å²) in [5.41, 5.74) is 5.53. The van der Waals surface area contributed by atoms with E-state index in [9.17, 15) is 27.5 Å². The van der Waals surface area contributed by atoms with E-state index in [4.69, 9.17) is 26.2 Å². The molecule has 0 atom stereocenters. The Labute approximate surface area is 332 Å². The lowest BCUT2D eigenvalue weighted by Gasteiger charge is -2.40. The molecule has 2 fully saturated rings. The number of likely N-dealkylation sites (tertiary alicyclic amines) is 1. The van der Waals surface area contributed by atoms with E-state index >= 15 is 0 Å². The molecule has 2 aliphatic heterocycles. The SMILES string of the molecule is Cc1nn(C)c(C)c1-c1c(Cl)ccc2c(CCCOc3cccc4cc(F)ccc34)c(C(=O)O)n(CCN3CCC(N4CCNCC4)CC3)c12.O=C(O)C(F)(F)F. The van der Waals surface area contributed by atoms with Crippen LogP contribution in [0.5, 0.6) is 5.75 Å². The summed E-state index contributed by atoms with van der Waals surface area (Å²) in [6, 6.07) is 14.7. The first-order valence-electron chi connectivity index (χ1n) is 19.0. The molecule has 0 saturated carbocycles. The number of benzene rings is 3. The van der Waals surface area contributed by atoms with Crippen molar-refractivity contribution in [1.82, 2.24) is 29.5 Å². The van der Waals surface area contributed by atoms with Crippen LogP contribution < -0.4 is 10.1 Å². The summed E-state index contributed by atoms with van der Waals surface area (Å²) in [7, 11) is 1.92. The van der Waals surface area contributed by atoms with Gasteiger partial charge in [0, 0.05) is 80.0 Å². The van der Waals surface area contributed by atoms with Crippen molar-refractivity contribution >= 4 is 45.2 Å². The van der Waals surface area contributed by atoms with Crippen LogP contribution in [0.3, 0.4) is 0 Å². The lowest BCUT2D eigenvalue weighted by Crippen LogP contribution is -2.52. The largest absolute Gasteiger partial charge is 0.493 e. The van der Waals surface area contributed by atoms with E-state index in [0.29, 0.717) is 48.5 Å². The van der Waals surface area contributed by atoms with Gasteiger partial charge in [0.1, 0.15) is 17.3 Å². The third-order valence-corrected chi connectivity index (χ3v) is 11.3. The van der Waals surface area contributed by atoms with E-state index in [-0.39, 0.29) is 5.82 Å². The molecule has 3 N–H and O–H groups in total. The number of halogens is 5. The van der Waals surface area contributed by atoms with Gasteiger partial charge in [-0.15, -0.1) is 0 Å². The Morgan fingerprint density at radius 2 is 1.65 bits per heavy atom. The molecule has 0 amide bonds. The highest BCUT2D eigenvalue weighted by Gasteiger charge is 2.38. The smallest absolute Gasteiger partial charge is 0.490 e. The molecule has 2 aromatic heterocycles. The van der Waals surface area contributed by atoms with E-state index < -0.39 is 18.1 Å². The monoisotopic (exact) mass is 814 g/mol. The van der Waals surface area contributed by atoms with Crippen LogP contribution >= 0.6 is 11.6 Å². The zero-order valence-electron chi connectivity index (χ0n) is 32.1. The minimum Gasteiger partial charge on any atom is -0.493 e. The van der Waals surface area contributed by atoms with Crippen LogP contribution in [-0.2, 0) is 24.8 Å². The molecule has 4 heterocycles. The molecule has 0 unspecified atom stereocenters. The fourth-order valence-corrected chi connectivity index (χ4v) is 8.41. The summed E-state index contributed by atoms with van der Waals surface area (Å²) < 4.78 is 55.6. The van der Waals surface area contributed by atoms with Crippen molar-refractivity contribution in [2.45, 2.75) is 58.3 Å². The van der Waals surface area contributed by atoms with Crippen LogP contribution in [0.4, 0.5) is 17.6 Å². The number of hydrogen-bond donors (Lipinski definition) is 3. The number of carboxylic acids is 2. The maximum atomic E-state index is 13.8. The van der Waals surface area contributed by atoms with Gasteiger partial charge in [-0.2, -0.15) is 18.3 Å². The number of aromatic nitrogens is 3. The van der Waals surface area contributed by atoms with Crippen molar-refractivity contribution in [1.29, 1.82) is 0 Å². The fraction of sp³-hybridized carbons (Fsp3) is 0.439. The summed E-state index contributed by atoms with van der Waals surface area (Å²) in [4.78, 5) is 27.2. The maximum absolute atomic E-state index is 13.8. The van der Waals surface area contributed by atoms with E-state index in [1.165, 1.54) is 12.1 Å². The Kier molecular flexibility index (Phi) is 13.1. The average molecular weight is 815 g/mol. The summed E-state index contributed by atoms with van der Waals surface area (Å²) in [5, 5.41) is 29.2. The molecule has 0 radical (unpaired) electrons. The molecular weight excluding hydrogens is 768 g/mol. The van der Waals surface area contributed by atoms with E-state index in [1.54, 1.807) is 6.07 Å². The molecule has 11 nitrogen and oxygen atoms in total. The van der Waals surface area contributed by atoms with Crippen molar-refractivity contribution < 1.29 is 42.1 Å². The molecular formula is C41H47ClF4N6O5. The Morgan fingerprint density at radius 3 is 2.28 bits per heavy atom. The maximum Gasteiger partial charge on any atom is 0.490 e. The second-order valence-electron chi connectivity index (χ2n) is 14.5. The van der Waals surface area contributed by atoms with Gasteiger partial charge in [-0.3, -0.25) is 9.58 Å². The molecule has 0 spiro atoms. The first kappa shape index (κ1) is 41.9. The molecule has 306 valence electrons. The second kappa shape index (κ2) is 17.8. The predicted octanol–water partition coefficient (Wildman–Crippen LogP) is 7.32. The highest BCUT2D eigenvalue weighted by molar-refractivity contribution is 6.35. The lowest BCUT2D eigenvalue weighted by molar-refractivity contribution is -0.192. The first-order chi connectivity index (χ1) is 27.1. The minimum absolute atomic E-state index is 0.289. The number of piperidine rings is 1. The number of carboxylic acid groups (broad SMARTS) is 2. The molecule has 16 heteroatoms. The molecule has 2 aliphatic rings. The number of fused-ring (bicyclic) bond motifs is 2. The summed E-state index contributed by atoms with van der Waals surface area (Å²) in [6.07, 6.45) is -1.73. The van der Waals surface area contributed by atoms with Crippen molar-refractivity contribution in [3.05, 3.63) is 82.0 Å². The zero-order valence-corrected chi connectivity index (χ0v) is 32.9. The summed E-state index contributed by atoms with van der Waals surface area (Å²) >= 11 is 7.03. The third kappa shape index (κ3) is 9.38. The van der Waals surface area contributed by atoms with Gasteiger partial charge in [-0.05, 0) is 93.9 Å². The van der Waals surface area contributed by atoms with Crippen LogP contribution in [0.15, 0.2) is 48.5 Å². The number of alkyl halides is 3. The van der Waals surface area contributed by atoms with Gasteiger partial charge in [-0.1, -0.05) is 29.8 Å². The first-order valence-corrected chi connectivity index (χ1v) is 19.4. The average Bonchev–Trinajstić information content (AvgIpc) is 3.63. The summed E-state index contributed by atoms with van der Waals surface area (Å²) in [5.74, 6) is -3.32. The number of nitrogens with one attached hydrogen (secondary N) is 1. The standard InChI is InChI=1S/C39H46ClFN6O3.C2HF3O2/c1-25-35(26(2)44(3)43-25)36-33(40)12-11-32-31(7-5-23-50-34-8-4-6-27-24-28(41)9-10-30(27)34)38(39(48)49)47(37(32)36)22-21-45-17-13-29(14-18-45)46-19-15-42-16-20-46;3-2(4,5)1(6)7/h4,6,8-12,24,29,42H,5,7,13-23H2,1-3H3,(H,48,49);(H,6,7).